The van der Waals surface area contributed by atoms with E-state index in [9.17, 15) is 9.59 Å². The molecule has 2 aromatic carbocycles. The van der Waals surface area contributed by atoms with Crippen LogP contribution < -0.4 is 20.1 Å². The van der Waals surface area contributed by atoms with Crippen LogP contribution in [0.1, 0.15) is 28.8 Å². The molecular weight excluding hydrogens is 344 g/mol. The third kappa shape index (κ3) is 7.01. The van der Waals surface area contributed by atoms with Crippen LogP contribution in [0.3, 0.4) is 0 Å². The average Bonchev–Trinajstić information content (AvgIpc) is 2.69. The number of hydrogen-bond acceptors (Lipinski definition) is 4. The average molecular weight is 370 g/mol. The van der Waals surface area contributed by atoms with Gasteiger partial charge in [-0.2, -0.15) is 0 Å². The van der Waals surface area contributed by atoms with Crippen molar-refractivity contribution in [2.75, 3.05) is 26.8 Å². The Labute approximate surface area is 159 Å². The topological polar surface area (TPSA) is 76.7 Å². The highest BCUT2D eigenvalue weighted by molar-refractivity contribution is 5.96. The van der Waals surface area contributed by atoms with Crippen LogP contribution in [0.4, 0.5) is 0 Å². The molecule has 0 aliphatic carbocycles. The van der Waals surface area contributed by atoms with Crippen molar-refractivity contribution in [3.05, 3.63) is 59.7 Å². The molecule has 2 amide bonds. The fourth-order valence-corrected chi connectivity index (χ4v) is 2.45. The molecule has 0 saturated carbocycles. The predicted molar refractivity (Wildman–Crippen MR) is 104 cm³/mol. The van der Waals surface area contributed by atoms with Gasteiger partial charge in [-0.05, 0) is 37.6 Å². The standard InChI is InChI=1S/C21H26N2O4/c1-16-9-11-17(12-10-16)27-15-5-8-20(24)22-13-14-23-21(25)18-6-3-4-7-19(18)26-2/h3-4,6-7,9-12H,5,8,13-15H2,1-2H3,(H,22,24)(H,23,25). The van der Waals surface area contributed by atoms with Gasteiger partial charge in [-0.25, -0.2) is 0 Å². The number of aryl methyl sites for hydroxylation is 1. The largest absolute Gasteiger partial charge is 0.496 e. The molecular formula is C21H26N2O4. The molecule has 6 heteroatoms. The first-order valence-corrected chi connectivity index (χ1v) is 8.97. The van der Waals surface area contributed by atoms with Gasteiger partial charge in [0.1, 0.15) is 11.5 Å². The Hall–Kier alpha value is -3.02. The Balaban J connectivity index is 1.58. The summed E-state index contributed by atoms with van der Waals surface area (Å²) < 4.78 is 10.8. The zero-order valence-electron chi connectivity index (χ0n) is 15.8. The summed E-state index contributed by atoms with van der Waals surface area (Å²) in [6, 6.07) is 14.8. The zero-order chi connectivity index (χ0) is 19.5. The highest BCUT2D eigenvalue weighted by Crippen LogP contribution is 2.16. The van der Waals surface area contributed by atoms with Gasteiger partial charge in [0.05, 0.1) is 19.3 Å². The lowest BCUT2D eigenvalue weighted by molar-refractivity contribution is -0.121. The molecule has 0 fully saturated rings. The van der Waals surface area contributed by atoms with Gasteiger partial charge in [-0.1, -0.05) is 29.8 Å². The third-order valence-corrected chi connectivity index (χ3v) is 3.92. The number of ether oxygens (including phenoxy) is 2. The molecule has 0 aromatic heterocycles. The van der Waals surface area contributed by atoms with Crippen molar-refractivity contribution in [1.82, 2.24) is 10.6 Å². The molecule has 0 saturated heterocycles. The SMILES string of the molecule is COc1ccccc1C(=O)NCCNC(=O)CCCOc1ccc(C)cc1. The lowest BCUT2D eigenvalue weighted by Gasteiger charge is -2.10. The first-order chi connectivity index (χ1) is 13.1. The Bertz CT molecular complexity index is 744. The first kappa shape index (κ1) is 20.3. The van der Waals surface area contributed by atoms with Crippen LogP contribution >= 0.6 is 0 Å². The molecule has 2 aromatic rings. The van der Waals surface area contributed by atoms with Crippen molar-refractivity contribution in [3.8, 4) is 11.5 Å². The lowest BCUT2D eigenvalue weighted by Crippen LogP contribution is -2.34. The van der Waals surface area contributed by atoms with Crippen molar-refractivity contribution in [2.45, 2.75) is 19.8 Å². The van der Waals surface area contributed by atoms with E-state index in [0.717, 1.165) is 5.75 Å². The van der Waals surface area contributed by atoms with Crippen LogP contribution in [-0.2, 0) is 4.79 Å². The molecule has 0 radical (unpaired) electrons. The second-order valence-electron chi connectivity index (χ2n) is 6.07. The fraction of sp³-hybridized carbons (Fsp3) is 0.333. The highest BCUT2D eigenvalue weighted by atomic mass is 16.5. The van der Waals surface area contributed by atoms with E-state index in [1.807, 2.05) is 31.2 Å². The second-order valence-corrected chi connectivity index (χ2v) is 6.07. The van der Waals surface area contributed by atoms with E-state index in [1.54, 1.807) is 24.3 Å². The fourth-order valence-electron chi connectivity index (χ4n) is 2.45. The summed E-state index contributed by atoms with van der Waals surface area (Å²) in [5.41, 5.74) is 1.65. The molecule has 0 bridgehead atoms. The van der Waals surface area contributed by atoms with E-state index in [1.165, 1.54) is 12.7 Å². The van der Waals surface area contributed by atoms with Crippen molar-refractivity contribution in [1.29, 1.82) is 0 Å². The summed E-state index contributed by atoms with van der Waals surface area (Å²) >= 11 is 0. The maximum Gasteiger partial charge on any atom is 0.255 e. The number of amides is 2. The molecule has 0 heterocycles. The number of benzene rings is 2. The Morgan fingerprint density at radius 3 is 2.41 bits per heavy atom. The zero-order valence-corrected chi connectivity index (χ0v) is 15.8. The van der Waals surface area contributed by atoms with Crippen LogP contribution in [0.2, 0.25) is 0 Å². The van der Waals surface area contributed by atoms with E-state index in [4.69, 9.17) is 9.47 Å². The number of carbonyl (C=O) groups excluding carboxylic acids is 2. The van der Waals surface area contributed by atoms with Gasteiger partial charge in [-0.3, -0.25) is 9.59 Å². The number of nitrogens with one attached hydrogen (secondary N) is 2. The number of para-hydroxylation sites is 1. The highest BCUT2D eigenvalue weighted by Gasteiger charge is 2.10. The lowest BCUT2D eigenvalue weighted by atomic mass is 10.2. The summed E-state index contributed by atoms with van der Waals surface area (Å²) in [6.07, 6.45) is 1.01. The van der Waals surface area contributed by atoms with Gasteiger partial charge < -0.3 is 20.1 Å². The van der Waals surface area contributed by atoms with Crippen LogP contribution in [0.5, 0.6) is 11.5 Å². The first-order valence-electron chi connectivity index (χ1n) is 8.97. The molecule has 2 rings (SSSR count). The molecule has 0 aliphatic heterocycles. The van der Waals surface area contributed by atoms with E-state index >= 15 is 0 Å². The molecule has 0 atom stereocenters. The van der Waals surface area contributed by atoms with Crippen molar-refractivity contribution in [2.24, 2.45) is 0 Å². The van der Waals surface area contributed by atoms with Crippen LogP contribution in [0.25, 0.3) is 0 Å². The number of hydrogen-bond donors (Lipinski definition) is 2. The molecule has 2 N–H and O–H groups in total. The molecule has 6 nitrogen and oxygen atoms in total. The third-order valence-electron chi connectivity index (χ3n) is 3.92. The van der Waals surface area contributed by atoms with Gasteiger partial charge in [-0.15, -0.1) is 0 Å². The molecule has 0 spiro atoms. The summed E-state index contributed by atoms with van der Waals surface area (Å²) in [6.45, 7) is 3.23. The minimum absolute atomic E-state index is 0.0611. The Morgan fingerprint density at radius 2 is 1.67 bits per heavy atom. The van der Waals surface area contributed by atoms with Gasteiger partial charge in [0.2, 0.25) is 5.91 Å². The number of methoxy groups -OCH3 is 1. The van der Waals surface area contributed by atoms with E-state index in [0.29, 0.717) is 43.9 Å². The second kappa shape index (κ2) is 10.9. The van der Waals surface area contributed by atoms with E-state index in [2.05, 4.69) is 10.6 Å². The summed E-state index contributed by atoms with van der Waals surface area (Å²) in [5.74, 6) is 1.04. The van der Waals surface area contributed by atoms with Crippen molar-refractivity contribution >= 4 is 11.8 Å². The van der Waals surface area contributed by atoms with Gasteiger partial charge in [0.25, 0.3) is 5.91 Å². The Morgan fingerprint density at radius 1 is 0.963 bits per heavy atom. The smallest absolute Gasteiger partial charge is 0.255 e. The van der Waals surface area contributed by atoms with Crippen molar-refractivity contribution in [3.63, 3.8) is 0 Å². The minimum Gasteiger partial charge on any atom is -0.496 e. The van der Waals surface area contributed by atoms with E-state index < -0.39 is 0 Å². The number of carbonyl (C=O) groups is 2. The van der Waals surface area contributed by atoms with Crippen molar-refractivity contribution < 1.29 is 19.1 Å². The van der Waals surface area contributed by atoms with Gasteiger partial charge in [0.15, 0.2) is 0 Å². The van der Waals surface area contributed by atoms with Crippen LogP contribution in [0.15, 0.2) is 48.5 Å². The van der Waals surface area contributed by atoms with Gasteiger partial charge in [0, 0.05) is 19.5 Å². The summed E-state index contributed by atoms with van der Waals surface area (Å²) in [5, 5.41) is 5.55. The van der Waals surface area contributed by atoms with E-state index in [-0.39, 0.29) is 11.8 Å². The van der Waals surface area contributed by atoms with Gasteiger partial charge >= 0.3 is 0 Å². The molecule has 0 aliphatic rings. The monoisotopic (exact) mass is 370 g/mol. The number of rotatable bonds is 10. The quantitative estimate of drug-likeness (QED) is 0.631. The Kier molecular flexibility index (Phi) is 8.16. The molecule has 27 heavy (non-hydrogen) atoms. The summed E-state index contributed by atoms with van der Waals surface area (Å²) in [7, 11) is 1.52. The summed E-state index contributed by atoms with van der Waals surface area (Å²) in [4.78, 5) is 23.9. The molecule has 144 valence electrons. The predicted octanol–water partition coefficient (Wildman–Crippen LogP) is 2.71. The van der Waals surface area contributed by atoms with Crippen LogP contribution in [-0.4, -0.2) is 38.6 Å². The minimum atomic E-state index is -0.229. The maximum absolute atomic E-state index is 12.1. The normalized spacial score (nSPS) is 10.1. The van der Waals surface area contributed by atoms with Crippen LogP contribution in [0, 0.1) is 6.92 Å². The maximum atomic E-state index is 12.1. The molecule has 0 unspecified atom stereocenters.